The van der Waals surface area contributed by atoms with Gasteiger partial charge in [-0.15, -0.1) is 0 Å². The Morgan fingerprint density at radius 2 is 2.22 bits per heavy atom. The Labute approximate surface area is 114 Å². The predicted octanol–water partition coefficient (Wildman–Crippen LogP) is 2.46. The molecule has 1 fully saturated rings. The van der Waals surface area contributed by atoms with Crippen molar-refractivity contribution in [1.29, 1.82) is 0 Å². The molecule has 1 aliphatic heterocycles. The Balaban J connectivity index is 2.28. The van der Waals surface area contributed by atoms with E-state index in [1.54, 1.807) is 0 Å². The minimum absolute atomic E-state index is 0.144. The summed E-state index contributed by atoms with van der Waals surface area (Å²) in [6, 6.07) is 6.21. The molecule has 1 aliphatic rings. The van der Waals surface area contributed by atoms with Gasteiger partial charge in [-0.2, -0.15) is 0 Å². The smallest absolute Gasteiger partial charge is 0.0642 e. The predicted molar refractivity (Wildman–Crippen MR) is 76.5 cm³/mol. The minimum Gasteiger partial charge on any atom is -0.380 e. The minimum atomic E-state index is 0.144. The van der Waals surface area contributed by atoms with Crippen LogP contribution in [-0.4, -0.2) is 32.3 Å². The molecule has 1 atom stereocenters. The Morgan fingerprint density at radius 3 is 3.00 bits per heavy atom. The second kappa shape index (κ2) is 6.41. The van der Waals surface area contributed by atoms with Crippen molar-refractivity contribution in [1.82, 2.24) is 0 Å². The van der Waals surface area contributed by atoms with Gasteiger partial charge in [0, 0.05) is 25.7 Å². The summed E-state index contributed by atoms with van der Waals surface area (Å²) < 4.78 is 5.50. The molecule has 2 N–H and O–H groups in total. The van der Waals surface area contributed by atoms with E-state index >= 15 is 0 Å². The number of anilines is 1. The van der Waals surface area contributed by atoms with Gasteiger partial charge in [0.1, 0.15) is 0 Å². The molecule has 0 amide bonds. The Hall–Kier alpha value is -0.770. The fraction of sp³-hybridized carbons (Fsp3) is 0.571. The molecule has 0 radical (unpaired) electrons. The molecule has 0 bridgehead atoms. The van der Waals surface area contributed by atoms with Crippen molar-refractivity contribution in [2.24, 2.45) is 5.73 Å². The van der Waals surface area contributed by atoms with Crippen LogP contribution in [0.5, 0.6) is 0 Å². The molecule has 1 saturated heterocycles. The molecule has 100 valence electrons. The van der Waals surface area contributed by atoms with Gasteiger partial charge in [-0.3, -0.25) is 0 Å². The molecule has 3 nitrogen and oxygen atoms in total. The summed E-state index contributed by atoms with van der Waals surface area (Å²) in [5.74, 6) is 0. The number of nitrogens with zero attached hydrogens (tertiary/aromatic N) is 1. The van der Waals surface area contributed by atoms with Gasteiger partial charge in [-0.05, 0) is 31.4 Å². The molecule has 2 rings (SSSR count). The number of ether oxygens (including phenoxy) is 1. The molecule has 1 unspecified atom stereocenters. The summed E-state index contributed by atoms with van der Waals surface area (Å²) in [5, 5.41) is 0.815. The van der Waals surface area contributed by atoms with Crippen molar-refractivity contribution in [3.63, 3.8) is 0 Å². The zero-order valence-electron chi connectivity index (χ0n) is 10.9. The lowest BCUT2D eigenvalue weighted by atomic mass is 10.0. The Bertz CT molecular complexity index is 387. The second-order valence-electron chi connectivity index (χ2n) is 4.88. The van der Waals surface area contributed by atoms with Gasteiger partial charge in [0.15, 0.2) is 0 Å². The quantitative estimate of drug-likeness (QED) is 0.915. The number of benzene rings is 1. The van der Waals surface area contributed by atoms with E-state index in [2.05, 4.69) is 11.0 Å². The van der Waals surface area contributed by atoms with Gasteiger partial charge in [0.05, 0.1) is 17.3 Å². The van der Waals surface area contributed by atoms with E-state index in [9.17, 15) is 0 Å². The van der Waals surface area contributed by atoms with Crippen LogP contribution in [0.25, 0.3) is 0 Å². The highest BCUT2D eigenvalue weighted by atomic mass is 35.5. The molecule has 0 aromatic heterocycles. The highest BCUT2D eigenvalue weighted by Gasteiger charge is 2.17. The summed E-state index contributed by atoms with van der Waals surface area (Å²) in [5.41, 5.74) is 8.29. The highest BCUT2D eigenvalue weighted by molar-refractivity contribution is 6.33. The Kier molecular flexibility index (Phi) is 4.87. The lowest BCUT2D eigenvalue weighted by Crippen LogP contribution is -2.28. The average Bonchev–Trinajstić information content (AvgIpc) is 2.57. The topological polar surface area (TPSA) is 38.5 Å². The number of halogens is 1. The van der Waals surface area contributed by atoms with Gasteiger partial charge in [0.2, 0.25) is 0 Å². The standard InChI is InChI=1S/C14H21ClN2O/c1-11(16)10-12-4-2-5-13(15)14(12)17-6-3-8-18-9-7-17/h2,4-5,11H,3,6-10,16H2,1H3. The van der Waals surface area contributed by atoms with Crippen molar-refractivity contribution in [3.8, 4) is 0 Å². The molecule has 18 heavy (non-hydrogen) atoms. The number of hydrogen-bond donors (Lipinski definition) is 1. The largest absolute Gasteiger partial charge is 0.380 e. The maximum atomic E-state index is 6.38. The first-order valence-electron chi connectivity index (χ1n) is 6.54. The zero-order valence-corrected chi connectivity index (χ0v) is 11.6. The number of nitrogens with two attached hydrogens (primary N) is 1. The second-order valence-corrected chi connectivity index (χ2v) is 5.29. The third-order valence-electron chi connectivity index (χ3n) is 3.15. The highest BCUT2D eigenvalue weighted by Crippen LogP contribution is 2.31. The normalized spacial score (nSPS) is 18.5. The first-order chi connectivity index (χ1) is 8.68. The van der Waals surface area contributed by atoms with Crippen molar-refractivity contribution in [3.05, 3.63) is 28.8 Å². The van der Waals surface area contributed by atoms with Gasteiger partial charge in [0.25, 0.3) is 0 Å². The van der Waals surface area contributed by atoms with E-state index in [1.807, 2.05) is 19.1 Å². The van der Waals surface area contributed by atoms with Crippen LogP contribution < -0.4 is 10.6 Å². The molecule has 1 aromatic carbocycles. The van der Waals surface area contributed by atoms with Crippen molar-refractivity contribution in [2.75, 3.05) is 31.2 Å². The van der Waals surface area contributed by atoms with E-state index in [1.165, 1.54) is 5.56 Å². The van der Waals surface area contributed by atoms with Crippen LogP contribution in [0.3, 0.4) is 0 Å². The van der Waals surface area contributed by atoms with Gasteiger partial charge < -0.3 is 15.4 Å². The molecular weight excluding hydrogens is 248 g/mol. The van der Waals surface area contributed by atoms with Crippen LogP contribution in [0.2, 0.25) is 5.02 Å². The summed E-state index contributed by atoms with van der Waals surface area (Å²) in [6.07, 6.45) is 1.90. The van der Waals surface area contributed by atoms with Crippen molar-refractivity contribution < 1.29 is 4.74 Å². The molecule has 1 heterocycles. The van der Waals surface area contributed by atoms with Gasteiger partial charge in [-0.1, -0.05) is 23.7 Å². The molecule has 0 spiro atoms. The lowest BCUT2D eigenvalue weighted by molar-refractivity contribution is 0.152. The zero-order chi connectivity index (χ0) is 13.0. The lowest BCUT2D eigenvalue weighted by Gasteiger charge is -2.26. The van der Waals surface area contributed by atoms with Crippen LogP contribution in [0.1, 0.15) is 18.9 Å². The first kappa shape index (κ1) is 13.7. The molecule has 4 heteroatoms. The van der Waals surface area contributed by atoms with Crippen molar-refractivity contribution in [2.45, 2.75) is 25.8 Å². The van der Waals surface area contributed by atoms with Crippen LogP contribution >= 0.6 is 11.6 Å². The fourth-order valence-electron chi connectivity index (χ4n) is 2.40. The first-order valence-corrected chi connectivity index (χ1v) is 6.92. The maximum absolute atomic E-state index is 6.38. The molecule has 1 aromatic rings. The fourth-order valence-corrected chi connectivity index (χ4v) is 2.71. The SMILES string of the molecule is CC(N)Cc1cccc(Cl)c1N1CCCOCC1. The molecule has 0 aliphatic carbocycles. The van der Waals surface area contributed by atoms with Crippen molar-refractivity contribution >= 4 is 17.3 Å². The van der Waals surface area contributed by atoms with Gasteiger partial charge >= 0.3 is 0 Å². The Morgan fingerprint density at radius 1 is 1.39 bits per heavy atom. The van der Waals surface area contributed by atoms with Crippen LogP contribution in [0, 0.1) is 0 Å². The van der Waals surface area contributed by atoms with Crippen LogP contribution in [-0.2, 0) is 11.2 Å². The molecule has 0 saturated carbocycles. The van der Waals surface area contributed by atoms with E-state index in [0.29, 0.717) is 0 Å². The average molecular weight is 269 g/mol. The summed E-state index contributed by atoms with van der Waals surface area (Å²) in [7, 11) is 0. The number of hydrogen-bond acceptors (Lipinski definition) is 3. The monoisotopic (exact) mass is 268 g/mol. The number of para-hydroxylation sites is 1. The number of rotatable bonds is 3. The van der Waals surface area contributed by atoms with Crippen LogP contribution in [0.4, 0.5) is 5.69 Å². The maximum Gasteiger partial charge on any atom is 0.0642 e. The summed E-state index contributed by atoms with van der Waals surface area (Å²) in [6.45, 7) is 5.52. The summed E-state index contributed by atoms with van der Waals surface area (Å²) >= 11 is 6.38. The van der Waals surface area contributed by atoms with E-state index in [4.69, 9.17) is 22.1 Å². The van der Waals surface area contributed by atoms with Gasteiger partial charge in [-0.25, -0.2) is 0 Å². The van der Waals surface area contributed by atoms with E-state index in [-0.39, 0.29) is 6.04 Å². The molecular formula is C14H21ClN2O. The van der Waals surface area contributed by atoms with E-state index in [0.717, 1.165) is 49.9 Å². The third kappa shape index (κ3) is 3.37. The summed E-state index contributed by atoms with van der Waals surface area (Å²) in [4.78, 5) is 2.33. The third-order valence-corrected chi connectivity index (χ3v) is 3.46. The van der Waals surface area contributed by atoms with Crippen LogP contribution in [0.15, 0.2) is 18.2 Å². The van der Waals surface area contributed by atoms with E-state index < -0.39 is 0 Å².